The fourth-order valence-corrected chi connectivity index (χ4v) is 7.63. The van der Waals surface area contributed by atoms with Gasteiger partial charge < -0.3 is 15.7 Å². The average Bonchev–Trinajstić information content (AvgIpc) is 3.27. The van der Waals surface area contributed by atoms with Gasteiger partial charge in [0, 0.05) is 13.1 Å². The minimum Gasteiger partial charge on any atom is -0.478 e. The van der Waals surface area contributed by atoms with Crippen LogP contribution in [0.4, 0.5) is 0 Å². The molecule has 0 aromatic heterocycles. The number of carbonyl (C=O) groups is 2. The Morgan fingerprint density at radius 3 is 2.02 bits per heavy atom. The second kappa shape index (κ2) is 12.0. The Morgan fingerprint density at radius 2 is 1.50 bits per heavy atom. The van der Waals surface area contributed by atoms with Gasteiger partial charge in [0.25, 0.3) is 5.91 Å². The molecule has 2 aromatic carbocycles. The van der Waals surface area contributed by atoms with Gasteiger partial charge >= 0.3 is 5.97 Å². The van der Waals surface area contributed by atoms with Gasteiger partial charge in [0.2, 0.25) is 0 Å². The molecular weight excluding hydrogens is 548 g/mol. The van der Waals surface area contributed by atoms with E-state index in [-0.39, 0.29) is 22.3 Å². The Hall–Kier alpha value is -3.19. The number of hydrogen-bond donors (Lipinski definition) is 2. The molecule has 1 amide bonds. The number of aromatic carboxylic acids is 1. The van der Waals surface area contributed by atoms with Crippen molar-refractivity contribution >= 4 is 17.7 Å². The zero-order valence-electron chi connectivity index (χ0n) is 27.6. The molecule has 1 aliphatic carbocycles. The van der Waals surface area contributed by atoms with Crippen LogP contribution in [-0.4, -0.2) is 51.4 Å². The molecule has 2 aromatic rings. The van der Waals surface area contributed by atoms with E-state index >= 15 is 0 Å². The summed E-state index contributed by atoms with van der Waals surface area (Å²) < 4.78 is 0. The van der Waals surface area contributed by atoms with E-state index in [1.54, 1.807) is 24.3 Å². The number of piperidine rings is 1. The van der Waals surface area contributed by atoms with Crippen LogP contribution in [0, 0.1) is 16.7 Å². The summed E-state index contributed by atoms with van der Waals surface area (Å²) in [4.78, 5) is 36.1. The minimum absolute atomic E-state index is 0.00549. The number of amides is 1. The second-order valence-electron chi connectivity index (χ2n) is 15.7. The first-order valence-electron chi connectivity index (χ1n) is 16.5. The number of carboxylic acid groups (broad SMARTS) is 1. The maximum Gasteiger partial charge on any atom is 0.335 e. The van der Waals surface area contributed by atoms with Crippen molar-refractivity contribution in [2.75, 3.05) is 13.1 Å². The quantitative estimate of drug-likeness (QED) is 0.361. The van der Waals surface area contributed by atoms with Gasteiger partial charge in [-0.25, -0.2) is 9.79 Å². The second-order valence-corrected chi connectivity index (χ2v) is 15.7. The summed E-state index contributed by atoms with van der Waals surface area (Å²) in [5.41, 5.74) is 8.18. The number of carboxylic acids is 1. The number of nitrogens with zero attached hydrogens (tertiary/aromatic N) is 3. The number of nitrogens with two attached hydrogens (primary N) is 1. The van der Waals surface area contributed by atoms with Gasteiger partial charge in [-0.15, -0.1) is 0 Å². The number of carbonyl (C=O) groups excluding carboxylic acids is 1. The summed E-state index contributed by atoms with van der Waals surface area (Å²) in [6, 6.07) is 17.5. The first-order valence-corrected chi connectivity index (χ1v) is 16.5. The molecule has 2 heterocycles. The molecule has 7 heteroatoms. The average molecular weight is 601 g/mol. The SMILES string of the molecule is CC(C)(C)CCC(N)(c1ccc(C(=O)O)cc1)N1C(=O)C(N2CCC(c3ccccc3)CC2)=NC12CCC(C(C)(C)C)CC2. The highest BCUT2D eigenvalue weighted by atomic mass is 16.4. The third-order valence-corrected chi connectivity index (χ3v) is 10.5. The zero-order chi connectivity index (χ0) is 31.9. The summed E-state index contributed by atoms with van der Waals surface area (Å²) in [6.45, 7) is 15.1. The molecule has 1 spiro atoms. The van der Waals surface area contributed by atoms with E-state index < -0.39 is 17.3 Å². The van der Waals surface area contributed by atoms with E-state index in [4.69, 9.17) is 10.7 Å². The largest absolute Gasteiger partial charge is 0.478 e. The lowest BCUT2D eigenvalue weighted by molar-refractivity contribution is -0.142. The molecule has 0 bridgehead atoms. The molecule has 1 saturated carbocycles. The molecule has 5 rings (SSSR count). The van der Waals surface area contributed by atoms with E-state index in [2.05, 4.69) is 76.8 Å². The topological polar surface area (TPSA) is 99.2 Å². The van der Waals surface area contributed by atoms with Crippen molar-refractivity contribution < 1.29 is 14.7 Å². The van der Waals surface area contributed by atoms with Gasteiger partial charge in [0.05, 0.1) is 5.56 Å². The van der Waals surface area contributed by atoms with E-state index in [9.17, 15) is 14.7 Å². The third kappa shape index (κ3) is 6.44. The van der Waals surface area contributed by atoms with Gasteiger partial charge in [-0.1, -0.05) is 84.0 Å². The fraction of sp³-hybridized carbons (Fsp3) is 0.595. The highest BCUT2D eigenvalue weighted by Gasteiger charge is 2.58. The lowest BCUT2D eigenvalue weighted by Gasteiger charge is -2.51. The highest BCUT2D eigenvalue weighted by Crippen LogP contribution is 2.51. The Bertz CT molecular complexity index is 1360. The van der Waals surface area contributed by atoms with Crippen molar-refractivity contribution in [1.29, 1.82) is 0 Å². The molecule has 44 heavy (non-hydrogen) atoms. The number of benzene rings is 2. The Morgan fingerprint density at radius 1 is 0.909 bits per heavy atom. The van der Waals surface area contributed by atoms with Crippen LogP contribution in [0.1, 0.15) is 120 Å². The Kier molecular flexibility index (Phi) is 8.75. The van der Waals surface area contributed by atoms with Gasteiger partial charge in [-0.05, 0) is 97.3 Å². The maximum absolute atomic E-state index is 14.8. The molecule has 1 saturated heterocycles. The van der Waals surface area contributed by atoms with Gasteiger partial charge in [0.15, 0.2) is 5.84 Å². The molecule has 2 aliphatic heterocycles. The van der Waals surface area contributed by atoms with Gasteiger partial charge in [0.1, 0.15) is 11.3 Å². The molecule has 0 radical (unpaired) electrons. The molecule has 238 valence electrons. The molecule has 3 N–H and O–H groups in total. The van der Waals surface area contributed by atoms with Crippen molar-refractivity contribution in [3.8, 4) is 0 Å². The van der Waals surface area contributed by atoms with Crippen LogP contribution >= 0.6 is 0 Å². The Labute approximate surface area is 263 Å². The Balaban J connectivity index is 1.52. The summed E-state index contributed by atoms with van der Waals surface area (Å²) in [6.07, 6.45) is 6.80. The van der Waals surface area contributed by atoms with Gasteiger partial charge in [-0.2, -0.15) is 0 Å². The molecule has 3 aliphatic rings. The zero-order valence-corrected chi connectivity index (χ0v) is 27.6. The monoisotopic (exact) mass is 600 g/mol. The van der Waals surface area contributed by atoms with Crippen LogP contribution in [0.2, 0.25) is 0 Å². The first-order chi connectivity index (χ1) is 20.6. The lowest BCUT2D eigenvalue weighted by Crippen LogP contribution is -2.64. The van der Waals surface area contributed by atoms with E-state index in [1.165, 1.54) is 5.56 Å². The minimum atomic E-state index is -1.14. The number of likely N-dealkylation sites (tertiary alicyclic amines) is 1. The van der Waals surface area contributed by atoms with Crippen molar-refractivity contribution in [1.82, 2.24) is 9.80 Å². The van der Waals surface area contributed by atoms with Crippen LogP contribution in [0.15, 0.2) is 59.6 Å². The summed E-state index contributed by atoms with van der Waals surface area (Å²) in [7, 11) is 0. The van der Waals surface area contributed by atoms with Crippen LogP contribution < -0.4 is 5.73 Å². The predicted molar refractivity (Wildman–Crippen MR) is 176 cm³/mol. The molecule has 1 unspecified atom stereocenters. The highest BCUT2D eigenvalue weighted by molar-refractivity contribution is 6.39. The fourth-order valence-electron chi connectivity index (χ4n) is 7.63. The van der Waals surface area contributed by atoms with Gasteiger partial charge in [-0.3, -0.25) is 9.69 Å². The number of aliphatic imine (C=N–C) groups is 1. The van der Waals surface area contributed by atoms with Crippen LogP contribution in [-0.2, 0) is 10.5 Å². The third-order valence-electron chi connectivity index (χ3n) is 10.5. The molecule has 7 nitrogen and oxygen atoms in total. The maximum atomic E-state index is 14.8. The van der Waals surface area contributed by atoms with Crippen molar-refractivity contribution in [2.24, 2.45) is 27.5 Å². The van der Waals surface area contributed by atoms with Crippen LogP contribution in [0.3, 0.4) is 0 Å². The smallest absolute Gasteiger partial charge is 0.335 e. The standard InChI is InChI=1S/C37H52N4O3/c1-34(2,3)22-23-37(38,30-14-12-28(13-15-30)33(43)44)41-32(42)31(39-36(41)20-16-29(17-21-36)35(4,5)6)40-24-18-27(19-25-40)26-10-8-7-9-11-26/h7-15,27,29H,16-25,38H2,1-6H3,(H,43,44). The lowest BCUT2D eigenvalue weighted by atomic mass is 9.69. The van der Waals surface area contributed by atoms with Crippen LogP contribution in [0.5, 0.6) is 0 Å². The summed E-state index contributed by atoms with van der Waals surface area (Å²) in [5.74, 6) is 0.509. The summed E-state index contributed by atoms with van der Waals surface area (Å²) >= 11 is 0. The number of amidine groups is 1. The molecule has 1 atom stereocenters. The van der Waals surface area contributed by atoms with E-state index in [1.807, 2.05) is 4.90 Å². The van der Waals surface area contributed by atoms with E-state index in [0.29, 0.717) is 24.1 Å². The van der Waals surface area contributed by atoms with Crippen molar-refractivity contribution in [2.45, 2.75) is 110 Å². The van der Waals surface area contributed by atoms with Crippen molar-refractivity contribution in [3.63, 3.8) is 0 Å². The first kappa shape index (κ1) is 32.2. The predicted octanol–water partition coefficient (Wildman–Crippen LogP) is 7.38. The normalized spacial score (nSPS) is 24.8. The summed E-state index contributed by atoms with van der Waals surface area (Å²) in [5, 5.41) is 9.58. The number of hydrogen-bond acceptors (Lipinski definition) is 5. The van der Waals surface area contributed by atoms with Crippen molar-refractivity contribution in [3.05, 3.63) is 71.3 Å². The van der Waals surface area contributed by atoms with Crippen LogP contribution in [0.25, 0.3) is 0 Å². The van der Waals surface area contributed by atoms with E-state index in [0.717, 1.165) is 63.6 Å². The number of rotatable bonds is 6. The molecule has 2 fully saturated rings. The molecular formula is C37H52N4O3.